The zero-order valence-electron chi connectivity index (χ0n) is 12.0. The first-order valence-corrected chi connectivity index (χ1v) is 6.93. The predicted octanol–water partition coefficient (Wildman–Crippen LogP) is 2.30. The van der Waals surface area contributed by atoms with Crippen LogP contribution in [0.4, 0.5) is 0 Å². The lowest BCUT2D eigenvalue weighted by atomic mass is 10.00. The van der Waals surface area contributed by atoms with Gasteiger partial charge < -0.3 is 10.0 Å². The third-order valence-corrected chi connectivity index (χ3v) is 4.03. The normalized spacial score (nSPS) is 21.7. The summed E-state index contributed by atoms with van der Waals surface area (Å²) in [5.74, 6) is 0.143. The van der Waals surface area contributed by atoms with Crippen LogP contribution in [0.1, 0.15) is 37.8 Å². The van der Waals surface area contributed by atoms with E-state index in [9.17, 15) is 9.90 Å². The van der Waals surface area contributed by atoms with Crippen LogP contribution >= 0.6 is 0 Å². The minimum atomic E-state index is -0.377. The molecule has 0 aliphatic carbocycles. The Labute approximate surface area is 115 Å². The molecule has 1 aromatic rings. The van der Waals surface area contributed by atoms with Crippen LogP contribution in [0, 0.1) is 6.92 Å². The molecule has 0 spiro atoms. The first-order chi connectivity index (χ1) is 8.90. The van der Waals surface area contributed by atoms with Gasteiger partial charge >= 0.3 is 0 Å². The zero-order valence-corrected chi connectivity index (χ0v) is 12.0. The second-order valence-corrected chi connectivity index (χ2v) is 6.10. The van der Waals surface area contributed by atoms with Gasteiger partial charge in [0.15, 0.2) is 0 Å². The summed E-state index contributed by atoms with van der Waals surface area (Å²) in [6.07, 6.45) is 1.58. The molecule has 0 bridgehead atoms. The second kappa shape index (κ2) is 5.33. The Morgan fingerprint density at radius 1 is 1.42 bits per heavy atom. The lowest BCUT2D eigenvalue weighted by Crippen LogP contribution is -2.42. The Balaban J connectivity index is 1.97. The molecule has 2 rings (SSSR count). The van der Waals surface area contributed by atoms with Crippen molar-refractivity contribution in [1.29, 1.82) is 0 Å². The Hall–Kier alpha value is -1.35. The Bertz CT molecular complexity index is 468. The topological polar surface area (TPSA) is 40.5 Å². The molecule has 0 saturated carbocycles. The van der Waals surface area contributed by atoms with Crippen molar-refractivity contribution >= 4 is 5.91 Å². The Morgan fingerprint density at radius 3 is 2.68 bits per heavy atom. The first kappa shape index (κ1) is 14.1. The number of aliphatic hydroxyl groups is 1. The van der Waals surface area contributed by atoms with E-state index in [-0.39, 0.29) is 17.6 Å². The number of benzene rings is 1. The average molecular weight is 261 g/mol. The minimum absolute atomic E-state index is 0.143. The van der Waals surface area contributed by atoms with Gasteiger partial charge in [-0.05, 0) is 44.7 Å². The lowest BCUT2D eigenvalue weighted by molar-refractivity contribution is -0.134. The van der Waals surface area contributed by atoms with Crippen molar-refractivity contribution in [1.82, 2.24) is 4.90 Å². The molecule has 1 unspecified atom stereocenters. The monoisotopic (exact) mass is 261 g/mol. The highest BCUT2D eigenvalue weighted by molar-refractivity contribution is 5.77. The van der Waals surface area contributed by atoms with E-state index >= 15 is 0 Å². The minimum Gasteiger partial charge on any atom is -0.391 e. The molecule has 3 nitrogen and oxygen atoms in total. The molecule has 1 saturated heterocycles. The molecular weight excluding hydrogens is 238 g/mol. The van der Waals surface area contributed by atoms with Crippen molar-refractivity contribution in [3.63, 3.8) is 0 Å². The number of nitrogens with zero attached hydrogens (tertiary/aromatic N) is 1. The summed E-state index contributed by atoms with van der Waals surface area (Å²) >= 11 is 0. The number of carbonyl (C=O) groups is 1. The molecule has 3 heteroatoms. The highest BCUT2D eigenvalue weighted by atomic mass is 16.3. The number of hydrogen-bond acceptors (Lipinski definition) is 2. The van der Waals surface area contributed by atoms with Gasteiger partial charge in [-0.3, -0.25) is 4.79 Å². The molecule has 1 aliphatic heterocycles. The fourth-order valence-electron chi connectivity index (χ4n) is 2.92. The summed E-state index contributed by atoms with van der Waals surface area (Å²) < 4.78 is 0. The van der Waals surface area contributed by atoms with Gasteiger partial charge in [0, 0.05) is 18.5 Å². The Morgan fingerprint density at radius 2 is 2.11 bits per heavy atom. The van der Waals surface area contributed by atoms with Crippen molar-refractivity contribution in [2.45, 2.75) is 51.7 Å². The largest absolute Gasteiger partial charge is 0.391 e. The standard InChI is InChI=1S/C16H23NO2/c1-12-6-4-5-7-13(12)8-9-15(19)17-11-14(18)10-16(17,2)3/h4-7,14,18H,8-11H2,1-3H3. The van der Waals surface area contributed by atoms with Gasteiger partial charge in [-0.25, -0.2) is 0 Å². The number of amides is 1. The lowest BCUT2D eigenvalue weighted by Gasteiger charge is -2.31. The van der Waals surface area contributed by atoms with E-state index in [2.05, 4.69) is 19.1 Å². The number of carbonyl (C=O) groups excluding carboxylic acids is 1. The summed E-state index contributed by atoms with van der Waals surface area (Å²) in [7, 11) is 0. The van der Waals surface area contributed by atoms with Gasteiger partial charge in [0.1, 0.15) is 0 Å². The zero-order chi connectivity index (χ0) is 14.0. The van der Waals surface area contributed by atoms with Gasteiger partial charge in [0.2, 0.25) is 5.91 Å². The molecule has 19 heavy (non-hydrogen) atoms. The quantitative estimate of drug-likeness (QED) is 0.907. The van der Waals surface area contributed by atoms with Gasteiger partial charge in [-0.1, -0.05) is 24.3 Å². The van der Waals surface area contributed by atoms with Crippen LogP contribution in [-0.2, 0) is 11.2 Å². The highest BCUT2D eigenvalue weighted by Crippen LogP contribution is 2.29. The maximum Gasteiger partial charge on any atom is 0.223 e. The average Bonchev–Trinajstić information content (AvgIpc) is 2.61. The van der Waals surface area contributed by atoms with E-state index in [1.165, 1.54) is 11.1 Å². The first-order valence-electron chi connectivity index (χ1n) is 6.93. The predicted molar refractivity (Wildman–Crippen MR) is 75.9 cm³/mol. The van der Waals surface area contributed by atoms with Crippen LogP contribution in [0.25, 0.3) is 0 Å². The van der Waals surface area contributed by atoms with Crippen LogP contribution in [0.2, 0.25) is 0 Å². The van der Waals surface area contributed by atoms with Crippen LogP contribution in [-0.4, -0.2) is 34.1 Å². The number of aryl methyl sites for hydroxylation is 2. The van der Waals surface area contributed by atoms with Gasteiger partial charge in [-0.2, -0.15) is 0 Å². The molecular formula is C16H23NO2. The fourth-order valence-corrected chi connectivity index (χ4v) is 2.92. The molecule has 104 valence electrons. The van der Waals surface area contributed by atoms with Crippen molar-refractivity contribution in [2.75, 3.05) is 6.54 Å². The van der Waals surface area contributed by atoms with Crippen molar-refractivity contribution in [2.24, 2.45) is 0 Å². The molecule has 1 heterocycles. The van der Waals surface area contributed by atoms with Crippen LogP contribution < -0.4 is 0 Å². The molecule has 1 atom stereocenters. The number of rotatable bonds is 3. The molecule has 1 aromatic carbocycles. The molecule has 1 aliphatic rings. The summed E-state index contributed by atoms with van der Waals surface area (Å²) in [6, 6.07) is 8.17. The summed E-state index contributed by atoms with van der Waals surface area (Å²) in [5.41, 5.74) is 2.24. The Kier molecular flexibility index (Phi) is 3.95. The maximum absolute atomic E-state index is 12.3. The van der Waals surface area contributed by atoms with Crippen LogP contribution in [0.15, 0.2) is 24.3 Å². The van der Waals surface area contributed by atoms with Gasteiger partial charge in [0.05, 0.1) is 6.10 Å². The SMILES string of the molecule is Cc1ccccc1CCC(=O)N1CC(O)CC1(C)C. The molecule has 1 fully saturated rings. The van der Waals surface area contributed by atoms with Gasteiger partial charge in [0.25, 0.3) is 0 Å². The second-order valence-electron chi connectivity index (χ2n) is 6.10. The maximum atomic E-state index is 12.3. The van der Waals surface area contributed by atoms with Crippen molar-refractivity contribution < 1.29 is 9.90 Å². The van der Waals surface area contributed by atoms with E-state index in [0.717, 1.165) is 6.42 Å². The van der Waals surface area contributed by atoms with E-state index in [0.29, 0.717) is 19.4 Å². The fraction of sp³-hybridized carbons (Fsp3) is 0.562. The third kappa shape index (κ3) is 3.16. The van der Waals surface area contributed by atoms with E-state index in [1.54, 1.807) is 0 Å². The third-order valence-electron chi connectivity index (χ3n) is 4.03. The van der Waals surface area contributed by atoms with Crippen molar-refractivity contribution in [3.05, 3.63) is 35.4 Å². The molecule has 0 aromatic heterocycles. The number of aliphatic hydroxyl groups excluding tert-OH is 1. The molecule has 1 N–H and O–H groups in total. The smallest absolute Gasteiger partial charge is 0.223 e. The molecule has 1 amide bonds. The number of hydrogen-bond donors (Lipinski definition) is 1. The van der Waals surface area contributed by atoms with Crippen LogP contribution in [0.3, 0.4) is 0 Å². The highest BCUT2D eigenvalue weighted by Gasteiger charge is 2.39. The van der Waals surface area contributed by atoms with E-state index in [1.807, 2.05) is 30.9 Å². The van der Waals surface area contributed by atoms with E-state index in [4.69, 9.17) is 0 Å². The van der Waals surface area contributed by atoms with Crippen LogP contribution in [0.5, 0.6) is 0 Å². The summed E-state index contributed by atoms with van der Waals surface area (Å²) in [4.78, 5) is 14.1. The van der Waals surface area contributed by atoms with E-state index < -0.39 is 0 Å². The number of likely N-dealkylation sites (tertiary alicyclic amines) is 1. The summed E-state index contributed by atoms with van der Waals surface area (Å²) in [6.45, 7) is 6.59. The van der Waals surface area contributed by atoms with Gasteiger partial charge in [-0.15, -0.1) is 0 Å². The molecule has 0 radical (unpaired) electrons. The summed E-state index contributed by atoms with van der Waals surface area (Å²) in [5, 5.41) is 9.72. The number of β-amino-alcohol motifs (C(OH)–C–C–N with tert-alkyl or cyclic N) is 1. The van der Waals surface area contributed by atoms with Crippen molar-refractivity contribution in [3.8, 4) is 0 Å².